The largest absolute Gasteiger partial charge is 0.487 e. The third kappa shape index (κ3) is 3.38. The molecule has 2 heterocycles. The molecule has 0 saturated heterocycles. The molecular weight excluding hydrogens is 318 g/mol. The lowest BCUT2D eigenvalue weighted by molar-refractivity contribution is -0.138. The van der Waals surface area contributed by atoms with Crippen molar-refractivity contribution >= 4 is 5.97 Å². The highest BCUT2D eigenvalue weighted by molar-refractivity contribution is 5.75. The molecule has 2 unspecified atom stereocenters. The van der Waals surface area contributed by atoms with Gasteiger partial charge in [0.25, 0.3) is 0 Å². The van der Waals surface area contributed by atoms with Gasteiger partial charge >= 0.3 is 5.97 Å². The fraction of sp³-hybridized carbons (Fsp3) is 0.211. The van der Waals surface area contributed by atoms with E-state index >= 15 is 0 Å². The van der Waals surface area contributed by atoms with Crippen molar-refractivity contribution in [2.45, 2.75) is 18.9 Å². The van der Waals surface area contributed by atoms with E-state index in [0.717, 1.165) is 28.9 Å². The predicted molar refractivity (Wildman–Crippen MR) is 91.1 cm³/mol. The van der Waals surface area contributed by atoms with E-state index in [4.69, 9.17) is 9.84 Å². The Labute approximate surface area is 144 Å². The predicted octanol–water partition coefficient (Wildman–Crippen LogP) is 3.24. The van der Waals surface area contributed by atoms with Crippen molar-refractivity contribution in [1.29, 1.82) is 0 Å². The summed E-state index contributed by atoms with van der Waals surface area (Å²) in [5, 5.41) is 15.8. The van der Waals surface area contributed by atoms with Crippen molar-refractivity contribution in [2.75, 3.05) is 0 Å². The molecule has 126 valence electrons. The lowest BCUT2D eigenvalue weighted by Crippen LogP contribution is -2.00. The number of nitrogens with one attached hydrogen (secondary N) is 1. The van der Waals surface area contributed by atoms with E-state index in [1.807, 2.05) is 42.5 Å². The summed E-state index contributed by atoms with van der Waals surface area (Å²) in [5.41, 5.74) is 3.75. The van der Waals surface area contributed by atoms with E-state index in [1.165, 1.54) is 0 Å². The standard InChI is InChI=1S/C19H17N3O3/c23-19(24)16-9-15(16)13-3-1-2-12(8-13)11-25-14-4-5-17(20-10-14)18-6-7-21-22-18/h1-8,10,15-16H,9,11H2,(H,21,22)(H,23,24). The summed E-state index contributed by atoms with van der Waals surface area (Å²) in [5.74, 6) is -0.137. The molecule has 4 rings (SSSR count). The molecule has 1 fully saturated rings. The number of hydrogen-bond donors (Lipinski definition) is 2. The first-order valence-electron chi connectivity index (χ1n) is 8.11. The van der Waals surface area contributed by atoms with E-state index in [0.29, 0.717) is 12.4 Å². The number of H-pyrrole nitrogens is 1. The molecule has 2 atom stereocenters. The number of pyridine rings is 1. The van der Waals surface area contributed by atoms with Gasteiger partial charge in [-0.05, 0) is 41.7 Å². The molecule has 1 saturated carbocycles. The van der Waals surface area contributed by atoms with Crippen LogP contribution in [0, 0.1) is 5.92 Å². The molecule has 25 heavy (non-hydrogen) atoms. The minimum absolute atomic E-state index is 0.132. The Hall–Kier alpha value is -3.15. The molecule has 0 amide bonds. The summed E-state index contributed by atoms with van der Waals surface area (Å²) in [6, 6.07) is 13.5. The zero-order valence-electron chi connectivity index (χ0n) is 13.4. The highest BCUT2D eigenvalue weighted by Gasteiger charge is 2.44. The van der Waals surface area contributed by atoms with Crippen LogP contribution in [-0.4, -0.2) is 26.3 Å². The third-order valence-corrected chi connectivity index (χ3v) is 4.41. The molecule has 0 spiro atoms. The van der Waals surface area contributed by atoms with E-state index < -0.39 is 5.97 Å². The summed E-state index contributed by atoms with van der Waals surface area (Å²) in [4.78, 5) is 15.4. The first-order valence-corrected chi connectivity index (χ1v) is 8.11. The topological polar surface area (TPSA) is 88.1 Å². The molecule has 1 aliphatic rings. The molecule has 6 heteroatoms. The molecule has 0 radical (unpaired) electrons. The zero-order chi connectivity index (χ0) is 17.2. The van der Waals surface area contributed by atoms with Gasteiger partial charge in [0.05, 0.1) is 23.5 Å². The maximum atomic E-state index is 11.0. The molecule has 1 aromatic carbocycles. The van der Waals surface area contributed by atoms with Crippen LogP contribution in [0.4, 0.5) is 0 Å². The molecule has 1 aliphatic carbocycles. The molecule has 0 bridgehead atoms. The van der Waals surface area contributed by atoms with Gasteiger partial charge in [-0.1, -0.05) is 24.3 Å². The van der Waals surface area contributed by atoms with Crippen molar-refractivity contribution in [3.8, 4) is 17.1 Å². The van der Waals surface area contributed by atoms with Crippen LogP contribution in [0.2, 0.25) is 0 Å². The van der Waals surface area contributed by atoms with E-state index in [2.05, 4.69) is 15.2 Å². The van der Waals surface area contributed by atoms with Crippen LogP contribution in [0.1, 0.15) is 23.5 Å². The van der Waals surface area contributed by atoms with Crippen LogP contribution >= 0.6 is 0 Å². The second kappa shape index (κ2) is 6.39. The lowest BCUT2D eigenvalue weighted by atomic mass is 10.1. The van der Waals surface area contributed by atoms with Gasteiger partial charge in [-0.25, -0.2) is 0 Å². The molecule has 6 nitrogen and oxygen atoms in total. The molecular formula is C19H17N3O3. The number of aliphatic carboxylic acids is 1. The van der Waals surface area contributed by atoms with Crippen LogP contribution in [0.3, 0.4) is 0 Å². The summed E-state index contributed by atoms with van der Waals surface area (Å²) < 4.78 is 5.79. The van der Waals surface area contributed by atoms with Crippen LogP contribution in [0.25, 0.3) is 11.4 Å². The van der Waals surface area contributed by atoms with Gasteiger partial charge in [0.2, 0.25) is 0 Å². The van der Waals surface area contributed by atoms with Crippen LogP contribution in [0.15, 0.2) is 54.9 Å². The molecule has 2 N–H and O–H groups in total. The summed E-state index contributed by atoms with van der Waals surface area (Å²) in [7, 11) is 0. The van der Waals surface area contributed by atoms with Gasteiger partial charge in [-0.2, -0.15) is 5.10 Å². The van der Waals surface area contributed by atoms with Gasteiger partial charge < -0.3 is 9.84 Å². The maximum absolute atomic E-state index is 11.0. The van der Waals surface area contributed by atoms with Crippen LogP contribution < -0.4 is 4.74 Å². The number of rotatable bonds is 6. The Kier molecular flexibility index (Phi) is 3.93. The average Bonchev–Trinajstić information content (AvgIpc) is 3.27. The number of aromatic nitrogens is 3. The Morgan fingerprint density at radius 1 is 1.28 bits per heavy atom. The summed E-state index contributed by atoms with van der Waals surface area (Å²) in [6.45, 7) is 0.420. The zero-order valence-corrected chi connectivity index (χ0v) is 13.4. The monoisotopic (exact) mass is 335 g/mol. The van der Waals surface area contributed by atoms with Crippen LogP contribution in [0.5, 0.6) is 5.75 Å². The maximum Gasteiger partial charge on any atom is 0.307 e. The van der Waals surface area contributed by atoms with Crippen molar-refractivity contribution < 1.29 is 14.6 Å². The fourth-order valence-corrected chi connectivity index (χ4v) is 2.94. The first-order chi connectivity index (χ1) is 12.2. The quantitative estimate of drug-likeness (QED) is 0.722. The Morgan fingerprint density at radius 2 is 2.20 bits per heavy atom. The minimum Gasteiger partial charge on any atom is -0.487 e. The smallest absolute Gasteiger partial charge is 0.307 e. The Bertz CT molecular complexity index is 875. The Morgan fingerprint density at radius 3 is 2.88 bits per heavy atom. The lowest BCUT2D eigenvalue weighted by Gasteiger charge is -2.08. The van der Waals surface area contributed by atoms with E-state index in [1.54, 1.807) is 12.4 Å². The van der Waals surface area contributed by atoms with E-state index in [9.17, 15) is 4.79 Å². The number of carbonyl (C=O) groups is 1. The number of carboxylic acids is 1. The minimum atomic E-state index is -0.713. The van der Waals surface area contributed by atoms with Crippen molar-refractivity contribution in [3.63, 3.8) is 0 Å². The summed E-state index contributed by atoms with van der Waals surface area (Å²) in [6.07, 6.45) is 4.09. The van der Waals surface area contributed by atoms with Crippen molar-refractivity contribution in [3.05, 3.63) is 66.0 Å². The van der Waals surface area contributed by atoms with Crippen molar-refractivity contribution in [2.24, 2.45) is 5.92 Å². The van der Waals surface area contributed by atoms with E-state index in [-0.39, 0.29) is 11.8 Å². The van der Waals surface area contributed by atoms with Crippen molar-refractivity contribution in [1.82, 2.24) is 15.2 Å². The first kappa shape index (κ1) is 15.4. The fourth-order valence-electron chi connectivity index (χ4n) is 2.94. The molecule has 3 aromatic rings. The Balaban J connectivity index is 1.39. The van der Waals surface area contributed by atoms with Gasteiger partial charge in [0.15, 0.2) is 0 Å². The third-order valence-electron chi connectivity index (χ3n) is 4.41. The normalized spacial score (nSPS) is 18.7. The van der Waals surface area contributed by atoms with Gasteiger partial charge in [-0.3, -0.25) is 14.9 Å². The SMILES string of the molecule is O=C(O)C1CC1c1cccc(COc2ccc(-c3ccn[nH]3)nc2)c1. The van der Waals surface area contributed by atoms with Gasteiger partial charge in [0.1, 0.15) is 12.4 Å². The highest BCUT2D eigenvalue weighted by atomic mass is 16.5. The number of hydrogen-bond acceptors (Lipinski definition) is 4. The van der Waals surface area contributed by atoms with Gasteiger partial charge in [0, 0.05) is 6.20 Å². The van der Waals surface area contributed by atoms with Gasteiger partial charge in [-0.15, -0.1) is 0 Å². The number of ether oxygens (including phenoxy) is 1. The second-order valence-corrected chi connectivity index (χ2v) is 6.17. The molecule has 2 aromatic heterocycles. The number of nitrogens with zero attached hydrogens (tertiary/aromatic N) is 2. The number of benzene rings is 1. The average molecular weight is 335 g/mol. The number of carboxylic acid groups (broad SMARTS) is 1. The number of aromatic amines is 1. The summed E-state index contributed by atoms with van der Waals surface area (Å²) >= 11 is 0. The van der Waals surface area contributed by atoms with Crippen LogP contribution in [-0.2, 0) is 11.4 Å². The highest BCUT2D eigenvalue weighted by Crippen LogP contribution is 2.47. The second-order valence-electron chi connectivity index (χ2n) is 6.17. The molecule has 0 aliphatic heterocycles.